The summed E-state index contributed by atoms with van der Waals surface area (Å²) in [5.41, 5.74) is 0.805. The maximum atomic E-state index is 11.3. The lowest BCUT2D eigenvalue weighted by Crippen LogP contribution is -2.14. The van der Waals surface area contributed by atoms with Gasteiger partial charge in [0.15, 0.2) is 0 Å². The lowest BCUT2D eigenvalue weighted by molar-refractivity contribution is -0.139. The van der Waals surface area contributed by atoms with Crippen LogP contribution in [0.4, 0.5) is 0 Å². The molecule has 2 aromatic rings. The Balaban J connectivity index is 1.99. The second kappa shape index (κ2) is 6.76. The average Bonchev–Trinajstić information content (AvgIpc) is 2.93. The molecule has 0 saturated heterocycles. The van der Waals surface area contributed by atoms with Crippen LogP contribution >= 0.6 is 23.4 Å². The number of benzene rings is 1. The highest BCUT2D eigenvalue weighted by atomic mass is 35.5. The molecule has 1 aromatic heterocycles. The van der Waals surface area contributed by atoms with Gasteiger partial charge in [-0.25, -0.2) is 0 Å². The summed E-state index contributed by atoms with van der Waals surface area (Å²) in [5, 5.41) is 8.30. The minimum Gasteiger partial charge on any atom is -0.468 e. The maximum absolute atomic E-state index is 11.3. The van der Waals surface area contributed by atoms with E-state index in [4.69, 9.17) is 16.0 Å². The molecular formula is C13H13ClN2O3S. The molecule has 0 aliphatic rings. The molecule has 0 N–H and O–H groups in total. The Morgan fingerprint density at radius 3 is 2.75 bits per heavy atom. The number of nitrogens with zero attached hydrogens (tertiary/aromatic N) is 2. The zero-order valence-electron chi connectivity index (χ0n) is 11.0. The summed E-state index contributed by atoms with van der Waals surface area (Å²) in [6.45, 7) is 1.77. The first-order valence-electron chi connectivity index (χ1n) is 5.88. The fourth-order valence-corrected chi connectivity index (χ4v) is 2.32. The number of rotatable bonds is 5. The van der Waals surface area contributed by atoms with Gasteiger partial charge in [0.2, 0.25) is 11.8 Å². The van der Waals surface area contributed by atoms with Gasteiger partial charge in [-0.05, 0) is 31.2 Å². The first kappa shape index (κ1) is 14.9. The van der Waals surface area contributed by atoms with Crippen LogP contribution in [0.25, 0.3) is 11.5 Å². The summed E-state index contributed by atoms with van der Waals surface area (Å²) in [6, 6.07) is 7.14. The largest absolute Gasteiger partial charge is 0.468 e. The Morgan fingerprint density at radius 1 is 1.40 bits per heavy atom. The van der Waals surface area contributed by atoms with E-state index in [0.29, 0.717) is 22.6 Å². The van der Waals surface area contributed by atoms with E-state index in [1.807, 2.05) is 12.1 Å². The minimum absolute atomic E-state index is 0.271. The van der Waals surface area contributed by atoms with E-state index < -0.39 is 0 Å². The molecule has 1 heterocycles. The topological polar surface area (TPSA) is 65.2 Å². The third kappa shape index (κ3) is 3.74. The van der Waals surface area contributed by atoms with Crippen molar-refractivity contribution in [3.05, 3.63) is 35.2 Å². The van der Waals surface area contributed by atoms with E-state index in [1.165, 1.54) is 18.9 Å². The number of methoxy groups -OCH3 is 1. The molecule has 0 radical (unpaired) electrons. The molecule has 0 amide bonds. The molecule has 0 bridgehead atoms. The third-order valence-electron chi connectivity index (χ3n) is 2.55. The predicted octanol–water partition coefficient (Wildman–Crippen LogP) is 3.18. The van der Waals surface area contributed by atoms with Crippen molar-refractivity contribution in [2.75, 3.05) is 7.11 Å². The van der Waals surface area contributed by atoms with Crippen molar-refractivity contribution in [1.82, 2.24) is 10.2 Å². The first-order valence-corrected chi connectivity index (χ1v) is 7.30. The summed E-state index contributed by atoms with van der Waals surface area (Å²) in [5.74, 6) is 1.09. The number of carbonyl (C=O) groups is 1. The van der Waals surface area contributed by atoms with Gasteiger partial charge in [0.1, 0.15) is 5.25 Å². The quantitative estimate of drug-likeness (QED) is 0.790. The molecule has 0 unspecified atom stereocenters. The Hall–Kier alpha value is -1.53. The highest BCUT2D eigenvalue weighted by Crippen LogP contribution is 2.23. The van der Waals surface area contributed by atoms with E-state index in [9.17, 15) is 4.79 Å². The fourth-order valence-electron chi connectivity index (χ4n) is 1.45. The van der Waals surface area contributed by atoms with Crippen LogP contribution < -0.4 is 0 Å². The number of carbonyl (C=O) groups excluding carboxylic acids is 1. The van der Waals surface area contributed by atoms with Crippen molar-refractivity contribution in [3.63, 3.8) is 0 Å². The zero-order valence-corrected chi connectivity index (χ0v) is 12.6. The van der Waals surface area contributed by atoms with Gasteiger partial charge >= 0.3 is 5.97 Å². The number of esters is 1. The van der Waals surface area contributed by atoms with Crippen LogP contribution in [0.3, 0.4) is 0 Å². The number of aromatic nitrogens is 2. The van der Waals surface area contributed by atoms with Gasteiger partial charge in [-0.2, -0.15) is 0 Å². The highest BCUT2D eigenvalue weighted by molar-refractivity contribution is 7.99. The lowest BCUT2D eigenvalue weighted by atomic mass is 10.2. The molecule has 106 valence electrons. The SMILES string of the molecule is COC(=O)[C@@H](C)SCc1nnc(-c2ccc(Cl)cc2)o1. The Kier molecular flexibility index (Phi) is 5.03. The van der Waals surface area contributed by atoms with Crippen LogP contribution in [-0.2, 0) is 15.3 Å². The van der Waals surface area contributed by atoms with Crippen LogP contribution in [0.2, 0.25) is 5.02 Å². The number of hydrogen-bond acceptors (Lipinski definition) is 6. The van der Waals surface area contributed by atoms with Crippen LogP contribution in [-0.4, -0.2) is 28.5 Å². The van der Waals surface area contributed by atoms with Crippen LogP contribution in [0.15, 0.2) is 28.7 Å². The highest BCUT2D eigenvalue weighted by Gasteiger charge is 2.16. The minimum atomic E-state index is -0.272. The van der Waals surface area contributed by atoms with Crippen molar-refractivity contribution in [3.8, 4) is 11.5 Å². The second-order valence-corrected chi connectivity index (χ2v) is 5.75. The number of ether oxygens (including phenoxy) is 1. The van der Waals surface area contributed by atoms with Crippen LogP contribution in [0, 0.1) is 0 Å². The number of thioether (sulfide) groups is 1. The average molecular weight is 313 g/mol. The fraction of sp³-hybridized carbons (Fsp3) is 0.308. The number of halogens is 1. The summed E-state index contributed by atoms with van der Waals surface area (Å²) in [6.07, 6.45) is 0. The summed E-state index contributed by atoms with van der Waals surface area (Å²) >= 11 is 7.20. The van der Waals surface area contributed by atoms with Crippen LogP contribution in [0.5, 0.6) is 0 Å². The first-order chi connectivity index (χ1) is 9.60. The molecule has 7 heteroatoms. The zero-order chi connectivity index (χ0) is 14.5. The van der Waals surface area contributed by atoms with Gasteiger partial charge in [-0.1, -0.05) is 11.6 Å². The standard InChI is InChI=1S/C13H13ClN2O3S/c1-8(13(17)18-2)20-7-11-15-16-12(19-11)9-3-5-10(14)6-4-9/h3-6,8H,7H2,1-2H3/t8-/m1/s1. The molecule has 1 atom stereocenters. The molecule has 0 saturated carbocycles. The van der Waals surface area contributed by atoms with E-state index in [2.05, 4.69) is 14.9 Å². The Bertz CT molecular complexity index is 586. The van der Waals surface area contributed by atoms with Crippen molar-refractivity contribution < 1.29 is 13.9 Å². The molecule has 0 aliphatic heterocycles. The molecule has 1 aromatic carbocycles. The van der Waals surface area contributed by atoms with Gasteiger partial charge in [0.25, 0.3) is 0 Å². The molecule has 20 heavy (non-hydrogen) atoms. The second-order valence-electron chi connectivity index (χ2n) is 3.98. The van der Waals surface area contributed by atoms with Crippen molar-refractivity contribution >= 4 is 29.3 Å². The van der Waals surface area contributed by atoms with Gasteiger partial charge in [0, 0.05) is 10.6 Å². The predicted molar refractivity (Wildman–Crippen MR) is 77.5 cm³/mol. The van der Waals surface area contributed by atoms with E-state index in [-0.39, 0.29) is 11.2 Å². The number of hydrogen-bond donors (Lipinski definition) is 0. The summed E-state index contributed by atoms with van der Waals surface area (Å²) in [7, 11) is 1.37. The van der Waals surface area contributed by atoms with Gasteiger partial charge in [0.05, 0.1) is 12.9 Å². The van der Waals surface area contributed by atoms with Gasteiger partial charge in [-0.3, -0.25) is 4.79 Å². The Morgan fingerprint density at radius 2 is 2.10 bits per heavy atom. The molecular weight excluding hydrogens is 300 g/mol. The molecule has 0 fully saturated rings. The summed E-state index contributed by atoms with van der Waals surface area (Å²) < 4.78 is 10.2. The lowest BCUT2D eigenvalue weighted by Gasteiger charge is -2.06. The molecule has 2 rings (SSSR count). The maximum Gasteiger partial charge on any atom is 0.318 e. The van der Waals surface area contributed by atoms with E-state index in [1.54, 1.807) is 19.1 Å². The van der Waals surface area contributed by atoms with E-state index in [0.717, 1.165) is 5.56 Å². The smallest absolute Gasteiger partial charge is 0.318 e. The van der Waals surface area contributed by atoms with Crippen LogP contribution in [0.1, 0.15) is 12.8 Å². The van der Waals surface area contributed by atoms with Gasteiger partial charge in [-0.15, -0.1) is 22.0 Å². The molecule has 0 spiro atoms. The molecule has 0 aliphatic carbocycles. The normalized spacial score (nSPS) is 12.2. The van der Waals surface area contributed by atoms with Crippen molar-refractivity contribution in [1.29, 1.82) is 0 Å². The Labute approximate surface area is 125 Å². The molecule has 5 nitrogen and oxygen atoms in total. The van der Waals surface area contributed by atoms with Crippen molar-refractivity contribution in [2.24, 2.45) is 0 Å². The van der Waals surface area contributed by atoms with E-state index >= 15 is 0 Å². The van der Waals surface area contributed by atoms with Gasteiger partial charge < -0.3 is 9.15 Å². The third-order valence-corrected chi connectivity index (χ3v) is 3.91. The summed E-state index contributed by atoms with van der Waals surface area (Å²) in [4.78, 5) is 11.3. The van der Waals surface area contributed by atoms with Crippen molar-refractivity contribution in [2.45, 2.75) is 17.9 Å². The monoisotopic (exact) mass is 312 g/mol.